The minimum Gasteiger partial charge on any atom is -0.326 e. The Morgan fingerprint density at radius 3 is 2.90 bits per heavy atom. The first-order valence-electron chi connectivity index (χ1n) is 7.16. The van der Waals surface area contributed by atoms with Gasteiger partial charge in [0, 0.05) is 24.3 Å². The molecule has 2 aliphatic heterocycles. The van der Waals surface area contributed by atoms with Crippen LogP contribution in [0.5, 0.6) is 0 Å². The fraction of sp³-hybridized carbons (Fsp3) is 0.467. The lowest BCUT2D eigenvalue weighted by Gasteiger charge is -2.14. The van der Waals surface area contributed by atoms with Crippen LogP contribution in [-0.4, -0.2) is 36.3 Å². The Morgan fingerprint density at radius 1 is 1.30 bits per heavy atom. The van der Waals surface area contributed by atoms with Gasteiger partial charge in [0.05, 0.1) is 6.42 Å². The summed E-state index contributed by atoms with van der Waals surface area (Å²) in [6.45, 7) is 3.05. The van der Waals surface area contributed by atoms with Crippen molar-refractivity contribution < 1.29 is 9.59 Å². The molecule has 1 aromatic carbocycles. The van der Waals surface area contributed by atoms with Crippen LogP contribution in [0, 0.1) is 0 Å². The highest BCUT2D eigenvalue weighted by molar-refractivity contribution is 6.00. The summed E-state index contributed by atoms with van der Waals surface area (Å²) in [5.74, 6) is 0.0478. The van der Waals surface area contributed by atoms with E-state index in [9.17, 15) is 9.59 Å². The monoisotopic (exact) mass is 273 g/mol. The van der Waals surface area contributed by atoms with E-state index in [0.717, 1.165) is 36.6 Å². The van der Waals surface area contributed by atoms with E-state index in [1.807, 2.05) is 18.2 Å². The van der Waals surface area contributed by atoms with Crippen LogP contribution in [0.1, 0.15) is 24.8 Å². The lowest BCUT2D eigenvalue weighted by atomic mass is 10.1. The molecule has 0 aromatic heterocycles. The zero-order valence-corrected chi connectivity index (χ0v) is 11.4. The topological polar surface area (TPSA) is 61.4 Å². The molecule has 0 atom stereocenters. The van der Waals surface area contributed by atoms with Crippen LogP contribution in [0.2, 0.25) is 0 Å². The second-order valence-electron chi connectivity index (χ2n) is 5.44. The van der Waals surface area contributed by atoms with Gasteiger partial charge in [-0.1, -0.05) is 0 Å². The number of amides is 2. The molecule has 5 heteroatoms. The Hall–Kier alpha value is -1.88. The number of nitrogens with one attached hydrogen (secondary N) is 2. The van der Waals surface area contributed by atoms with Crippen LogP contribution < -0.4 is 10.6 Å². The molecule has 2 aliphatic rings. The molecule has 0 radical (unpaired) electrons. The molecule has 20 heavy (non-hydrogen) atoms. The first-order valence-corrected chi connectivity index (χ1v) is 7.16. The van der Waals surface area contributed by atoms with Crippen molar-refractivity contribution in [2.45, 2.75) is 25.7 Å². The number of benzene rings is 1. The molecular formula is C15H19N3O2. The number of rotatable bonds is 4. The Balaban J connectivity index is 1.53. The van der Waals surface area contributed by atoms with Crippen molar-refractivity contribution in [2.75, 3.05) is 30.3 Å². The Labute approximate surface area is 118 Å². The van der Waals surface area contributed by atoms with Gasteiger partial charge in [0.25, 0.3) is 0 Å². The number of nitrogens with zero attached hydrogens (tertiary/aromatic N) is 1. The molecule has 0 saturated carbocycles. The maximum Gasteiger partial charge on any atom is 0.228 e. The Morgan fingerprint density at radius 2 is 2.10 bits per heavy atom. The maximum atomic E-state index is 11.9. The number of hydrogen-bond acceptors (Lipinski definition) is 3. The molecule has 0 aliphatic carbocycles. The van der Waals surface area contributed by atoms with Crippen molar-refractivity contribution in [3.63, 3.8) is 0 Å². The highest BCUT2D eigenvalue weighted by atomic mass is 16.2. The first kappa shape index (κ1) is 13.1. The molecule has 106 valence electrons. The fourth-order valence-electron chi connectivity index (χ4n) is 2.80. The second kappa shape index (κ2) is 5.63. The predicted molar refractivity (Wildman–Crippen MR) is 77.7 cm³/mol. The fourth-order valence-corrected chi connectivity index (χ4v) is 2.80. The number of anilines is 2. The second-order valence-corrected chi connectivity index (χ2v) is 5.44. The Bertz CT molecular complexity index is 536. The summed E-state index contributed by atoms with van der Waals surface area (Å²) < 4.78 is 0. The van der Waals surface area contributed by atoms with Gasteiger partial charge in [-0.2, -0.15) is 0 Å². The SMILES string of the molecule is O=C(CCN1CCCC1)Nc1ccc2c(c1)CC(=O)N2. The number of carbonyl (C=O) groups is 2. The summed E-state index contributed by atoms with van der Waals surface area (Å²) in [4.78, 5) is 25.5. The minimum atomic E-state index is 0.0116. The highest BCUT2D eigenvalue weighted by Gasteiger charge is 2.18. The molecule has 0 unspecified atom stereocenters. The zero-order chi connectivity index (χ0) is 13.9. The van der Waals surface area contributed by atoms with E-state index >= 15 is 0 Å². The summed E-state index contributed by atoms with van der Waals surface area (Å²) in [6, 6.07) is 5.55. The molecule has 1 aromatic rings. The lowest BCUT2D eigenvalue weighted by molar-refractivity contribution is -0.116. The van der Waals surface area contributed by atoms with Gasteiger partial charge in [0.1, 0.15) is 0 Å². The summed E-state index contributed by atoms with van der Waals surface area (Å²) in [5, 5.41) is 5.69. The van der Waals surface area contributed by atoms with Crippen LogP contribution in [0.3, 0.4) is 0 Å². The van der Waals surface area contributed by atoms with Crippen molar-refractivity contribution in [2.24, 2.45) is 0 Å². The van der Waals surface area contributed by atoms with Gasteiger partial charge in [0.2, 0.25) is 11.8 Å². The van der Waals surface area contributed by atoms with Crippen LogP contribution >= 0.6 is 0 Å². The zero-order valence-electron chi connectivity index (χ0n) is 11.4. The molecule has 3 rings (SSSR count). The van der Waals surface area contributed by atoms with E-state index in [1.54, 1.807) is 0 Å². The molecule has 0 bridgehead atoms. The smallest absolute Gasteiger partial charge is 0.228 e. The predicted octanol–water partition coefficient (Wildman–Crippen LogP) is 1.61. The van der Waals surface area contributed by atoms with Crippen LogP contribution in [0.15, 0.2) is 18.2 Å². The summed E-state index contributed by atoms with van der Waals surface area (Å²) in [7, 11) is 0. The molecule has 1 saturated heterocycles. The van der Waals surface area contributed by atoms with Crippen molar-refractivity contribution in [1.29, 1.82) is 0 Å². The highest BCUT2D eigenvalue weighted by Crippen LogP contribution is 2.26. The molecule has 5 nitrogen and oxygen atoms in total. The maximum absolute atomic E-state index is 11.9. The number of likely N-dealkylation sites (tertiary alicyclic amines) is 1. The van der Waals surface area contributed by atoms with Crippen molar-refractivity contribution >= 4 is 23.2 Å². The van der Waals surface area contributed by atoms with E-state index in [1.165, 1.54) is 12.8 Å². The van der Waals surface area contributed by atoms with Crippen molar-refractivity contribution in [3.8, 4) is 0 Å². The molecule has 0 spiro atoms. The molecule has 2 heterocycles. The van der Waals surface area contributed by atoms with Crippen LogP contribution in [0.4, 0.5) is 11.4 Å². The summed E-state index contributed by atoms with van der Waals surface area (Å²) >= 11 is 0. The van der Waals surface area contributed by atoms with E-state index in [2.05, 4.69) is 15.5 Å². The number of hydrogen-bond donors (Lipinski definition) is 2. The quantitative estimate of drug-likeness (QED) is 0.876. The normalized spacial score (nSPS) is 17.9. The van der Waals surface area contributed by atoms with Gasteiger partial charge in [-0.15, -0.1) is 0 Å². The van der Waals surface area contributed by atoms with E-state index < -0.39 is 0 Å². The average Bonchev–Trinajstić information content (AvgIpc) is 3.04. The van der Waals surface area contributed by atoms with Gasteiger partial charge in [-0.3, -0.25) is 9.59 Å². The molecule has 1 fully saturated rings. The summed E-state index contributed by atoms with van der Waals surface area (Å²) in [5.41, 5.74) is 2.57. The minimum absolute atomic E-state index is 0.0116. The molecular weight excluding hydrogens is 254 g/mol. The first-order chi connectivity index (χ1) is 9.70. The van der Waals surface area contributed by atoms with E-state index in [-0.39, 0.29) is 11.8 Å². The van der Waals surface area contributed by atoms with Crippen molar-refractivity contribution in [3.05, 3.63) is 23.8 Å². The largest absolute Gasteiger partial charge is 0.326 e. The van der Waals surface area contributed by atoms with Gasteiger partial charge >= 0.3 is 0 Å². The van der Waals surface area contributed by atoms with Gasteiger partial charge in [-0.05, 0) is 49.7 Å². The number of carbonyl (C=O) groups excluding carboxylic acids is 2. The van der Waals surface area contributed by atoms with Gasteiger partial charge < -0.3 is 15.5 Å². The van der Waals surface area contributed by atoms with Gasteiger partial charge in [-0.25, -0.2) is 0 Å². The third kappa shape index (κ3) is 2.99. The van der Waals surface area contributed by atoms with Crippen molar-refractivity contribution in [1.82, 2.24) is 4.90 Å². The standard InChI is InChI=1S/C15H19N3O2/c19-14(5-8-18-6-1-2-7-18)16-12-3-4-13-11(9-12)10-15(20)17-13/h3-4,9H,1-2,5-8,10H2,(H,16,19)(H,17,20). The van der Waals surface area contributed by atoms with Gasteiger partial charge in [0.15, 0.2) is 0 Å². The third-order valence-corrected chi connectivity index (χ3v) is 3.87. The number of fused-ring (bicyclic) bond motifs is 1. The van der Waals surface area contributed by atoms with E-state index in [0.29, 0.717) is 12.8 Å². The average molecular weight is 273 g/mol. The molecule has 2 N–H and O–H groups in total. The summed E-state index contributed by atoms with van der Waals surface area (Å²) in [6.07, 6.45) is 3.40. The third-order valence-electron chi connectivity index (χ3n) is 3.87. The molecule has 2 amide bonds. The lowest BCUT2D eigenvalue weighted by Crippen LogP contribution is -2.25. The van der Waals surface area contributed by atoms with Crippen LogP contribution in [-0.2, 0) is 16.0 Å². The van der Waals surface area contributed by atoms with Crippen LogP contribution in [0.25, 0.3) is 0 Å². The van der Waals surface area contributed by atoms with E-state index in [4.69, 9.17) is 0 Å². The Kier molecular flexibility index (Phi) is 3.69.